The maximum atomic E-state index is 10.8. The van der Waals surface area contributed by atoms with Crippen molar-refractivity contribution in [3.8, 4) is 17.2 Å². The monoisotopic (exact) mass is 274 g/mol. The SMILES string of the molecule is COc1ccc([N+](=O)[O-])cc1Oc1cccc(CN)c1. The molecule has 2 aromatic rings. The van der Waals surface area contributed by atoms with E-state index in [2.05, 4.69) is 0 Å². The second kappa shape index (κ2) is 6.03. The number of methoxy groups -OCH3 is 1. The summed E-state index contributed by atoms with van der Waals surface area (Å²) in [6, 6.07) is 11.4. The highest BCUT2D eigenvalue weighted by Crippen LogP contribution is 2.34. The van der Waals surface area contributed by atoms with Crippen molar-refractivity contribution in [1.82, 2.24) is 0 Å². The van der Waals surface area contributed by atoms with Crippen LogP contribution in [0.2, 0.25) is 0 Å². The third-order valence-corrected chi connectivity index (χ3v) is 2.72. The molecule has 0 aliphatic carbocycles. The molecule has 0 spiro atoms. The topological polar surface area (TPSA) is 87.6 Å². The van der Waals surface area contributed by atoms with E-state index in [-0.39, 0.29) is 11.4 Å². The van der Waals surface area contributed by atoms with Crippen LogP contribution < -0.4 is 15.2 Å². The summed E-state index contributed by atoms with van der Waals surface area (Å²) in [6.45, 7) is 0.392. The number of nitro benzene ring substituents is 1. The van der Waals surface area contributed by atoms with Crippen LogP contribution in [0, 0.1) is 10.1 Å². The number of ether oxygens (including phenoxy) is 2. The summed E-state index contributed by atoms with van der Waals surface area (Å²) < 4.78 is 10.8. The Morgan fingerprint density at radius 2 is 2.00 bits per heavy atom. The van der Waals surface area contributed by atoms with Gasteiger partial charge < -0.3 is 15.2 Å². The second-order valence-corrected chi connectivity index (χ2v) is 4.05. The Kier molecular flexibility index (Phi) is 4.17. The van der Waals surface area contributed by atoms with Crippen LogP contribution in [0.15, 0.2) is 42.5 Å². The Morgan fingerprint density at radius 1 is 1.20 bits per heavy atom. The van der Waals surface area contributed by atoms with Gasteiger partial charge in [0, 0.05) is 12.6 Å². The average Bonchev–Trinajstić information content (AvgIpc) is 2.47. The van der Waals surface area contributed by atoms with Crippen molar-refractivity contribution in [3.05, 3.63) is 58.1 Å². The molecule has 6 heteroatoms. The third kappa shape index (κ3) is 3.04. The molecule has 0 saturated heterocycles. The Hall–Kier alpha value is -2.60. The molecule has 0 atom stereocenters. The Labute approximate surface area is 115 Å². The molecular weight excluding hydrogens is 260 g/mol. The first kappa shape index (κ1) is 13.8. The molecule has 104 valence electrons. The molecule has 2 N–H and O–H groups in total. The summed E-state index contributed by atoms with van der Waals surface area (Å²) in [6.07, 6.45) is 0. The van der Waals surface area contributed by atoms with Crippen molar-refractivity contribution in [3.63, 3.8) is 0 Å². The maximum absolute atomic E-state index is 10.8. The molecule has 0 unspecified atom stereocenters. The summed E-state index contributed by atoms with van der Waals surface area (Å²) in [4.78, 5) is 10.3. The third-order valence-electron chi connectivity index (χ3n) is 2.72. The molecule has 0 bridgehead atoms. The molecule has 0 aliphatic heterocycles. The first-order chi connectivity index (χ1) is 9.63. The molecule has 0 aliphatic rings. The van der Waals surface area contributed by atoms with Crippen LogP contribution >= 0.6 is 0 Å². The van der Waals surface area contributed by atoms with Gasteiger partial charge in [-0.15, -0.1) is 0 Å². The predicted octanol–water partition coefficient (Wildman–Crippen LogP) is 2.85. The van der Waals surface area contributed by atoms with E-state index in [1.165, 1.54) is 25.3 Å². The van der Waals surface area contributed by atoms with Crippen LogP contribution in [0.5, 0.6) is 17.2 Å². The molecular formula is C14H14N2O4. The minimum absolute atomic E-state index is 0.0595. The Balaban J connectivity index is 2.35. The number of rotatable bonds is 5. The molecule has 0 fully saturated rings. The largest absolute Gasteiger partial charge is 0.493 e. The summed E-state index contributed by atoms with van der Waals surface area (Å²) in [5.41, 5.74) is 6.41. The molecule has 0 amide bonds. The molecule has 0 aromatic heterocycles. The lowest BCUT2D eigenvalue weighted by atomic mass is 10.2. The van der Waals surface area contributed by atoms with Crippen LogP contribution in [-0.4, -0.2) is 12.0 Å². The van der Waals surface area contributed by atoms with E-state index < -0.39 is 4.92 Å². The van der Waals surface area contributed by atoms with Gasteiger partial charge in [-0.2, -0.15) is 0 Å². The molecule has 0 heterocycles. The molecule has 2 aromatic carbocycles. The molecule has 6 nitrogen and oxygen atoms in total. The van der Waals surface area contributed by atoms with Crippen molar-refractivity contribution in [2.45, 2.75) is 6.54 Å². The van der Waals surface area contributed by atoms with Gasteiger partial charge in [0.2, 0.25) is 0 Å². The smallest absolute Gasteiger partial charge is 0.273 e. The van der Waals surface area contributed by atoms with E-state index in [4.69, 9.17) is 15.2 Å². The van der Waals surface area contributed by atoms with Crippen molar-refractivity contribution in [2.24, 2.45) is 5.73 Å². The van der Waals surface area contributed by atoms with Crippen LogP contribution in [0.25, 0.3) is 0 Å². The van der Waals surface area contributed by atoms with Crippen molar-refractivity contribution in [2.75, 3.05) is 7.11 Å². The molecule has 0 radical (unpaired) electrons. The van der Waals surface area contributed by atoms with E-state index in [1.54, 1.807) is 18.2 Å². The zero-order valence-electron chi connectivity index (χ0n) is 10.9. The van der Waals surface area contributed by atoms with E-state index in [0.29, 0.717) is 18.0 Å². The second-order valence-electron chi connectivity index (χ2n) is 4.05. The quantitative estimate of drug-likeness (QED) is 0.669. The molecule has 20 heavy (non-hydrogen) atoms. The van der Waals surface area contributed by atoms with E-state index in [1.807, 2.05) is 6.07 Å². The number of nitro groups is 1. The first-order valence-electron chi connectivity index (χ1n) is 5.93. The van der Waals surface area contributed by atoms with Gasteiger partial charge >= 0.3 is 0 Å². The summed E-state index contributed by atoms with van der Waals surface area (Å²) in [7, 11) is 1.48. The normalized spacial score (nSPS) is 10.1. The summed E-state index contributed by atoms with van der Waals surface area (Å²) >= 11 is 0. The maximum Gasteiger partial charge on any atom is 0.273 e. The highest BCUT2D eigenvalue weighted by Gasteiger charge is 2.13. The standard InChI is InChI=1S/C14H14N2O4/c1-19-13-6-5-11(16(17)18)8-14(13)20-12-4-2-3-10(7-12)9-15/h2-8H,9,15H2,1H3. The first-order valence-corrected chi connectivity index (χ1v) is 5.93. The zero-order chi connectivity index (χ0) is 14.5. The van der Waals surface area contributed by atoms with Gasteiger partial charge in [0.25, 0.3) is 5.69 Å². The van der Waals surface area contributed by atoms with Gasteiger partial charge in [0.15, 0.2) is 11.5 Å². The van der Waals surface area contributed by atoms with E-state index in [9.17, 15) is 10.1 Å². The van der Waals surface area contributed by atoms with Crippen molar-refractivity contribution in [1.29, 1.82) is 0 Å². The van der Waals surface area contributed by atoms with Crippen LogP contribution in [0.4, 0.5) is 5.69 Å². The lowest BCUT2D eigenvalue weighted by Gasteiger charge is -2.10. The van der Waals surface area contributed by atoms with Crippen LogP contribution in [-0.2, 0) is 6.54 Å². The fourth-order valence-electron chi connectivity index (χ4n) is 1.72. The van der Waals surface area contributed by atoms with Crippen LogP contribution in [0.1, 0.15) is 5.56 Å². The Morgan fingerprint density at radius 3 is 2.65 bits per heavy atom. The highest BCUT2D eigenvalue weighted by atomic mass is 16.6. The number of nitrogens with two attached hydrogens (primary N) is 1. The summed E-state index contributed by atoms with van der Waals surface area (Å²) in [5, 5.41) is 10.8. The number of hydrogen-bond donors (Lipinski definition) is 1. The fourth-order valence-corrected chi connectivity index (χ4v) is 1.72. The number of benzene rings is 2. The number of nitrogens with zero attached hydrogens (tertiary/aromatic N) is 1. The van der Waals surface area contributed by atoms with Crippen molar-refractivity contribution < 1.29 is 14.4 Å². The Bertz CT molecular complexity index is 628. The number of hydrogen-bond acceptors (Lipinski definition) is 5. The van der Waals surface area contributed by atoms with Crippen LogP contribution in [0.3, 0.4) is 0 Å². The highest BCUT2D eigenvalue weighted by molar-refractivity contribution is 5.50. The zero-order valence-corrected chi connectivity index (χ0v) is 10.9. The number of non-ortho nitro benzene ring substituents is 1. The van der Waals surface area contributed by atoms with Gasteiger partial charge in [0.05, 0.1) is 18.1 Å². The van der Waals surface area contributed by atoms with Gasteiger partial charge in [-0.05, 0) is 23.8 Å². The lowest BCUT2D eigenvalue weighted by molar-refractivity contribution is -0.384. The molecule has 0 saturated carbocycles. The average molecular weight is 274 g/mol. The van der Waals surface area contributed by atoms with Gasteiger partial charge in [-0.1, -0.05) is 12.1 Å². The molecule has 2 rings (SSSR count). The minimum atomic E-state index is -0.484. The van der Waals surface area contributed by atoms with Gasteiger partial charge in [-0.25, -0.2) is 0 Å². The predicted molar refractivity (Wildman–Crippen MR) is 74.1 cm³/mol. The van der Waals surface area contributed by atoms with Crippen molar-refractivity contribution >= 4 is 5.69 Å². The fraction of sp³-hybridized carbons (Fsp3) is 0.143. The van der Waals surface area contributed by atoms with E-state index in [0.717, 1.165) is 5.56 Å². The van der Waals surface area contributed by atoms with E-state index >= 15 is 0 Å². The minimum Gasteiger partial charge on any atom is -0.493 e. The van der Waals surface area contributed by atoms with Gasteiger partial charge in [0.1, 0.15) is 5.75 Å². The lowest BCUT2D eigenvalue weighted by Crippen LogP contribution is -1.97. The summed E-state index contributed by atoms with van der Waals surface area (Å²) in [5.74, 6) is 1.26. The van der Waals surface area contributed by atoms with Gasteiger partial charge in [-0.3, -0.25) is 10.1 Å².